The van der Waals surface area contributed by atoms with Gasteiger partial charge in [0.2, 0.25) is 0 Å². The van der Waals surface area contributed by atoms with E-state index in [1.165, 1.54) is 0 Å². The van der Waals surface area contributed by atoms with E-state index >= 15 is 0 Å². The van der Waals surface area contributed by atoms with Crippen LogP contribution in [-0.4, -0.2) is 37.2 Å². The molecule has 3 heteroatoms. The van der Waals surface area contributed by atoms with E-state index in [9.17, 15) is 0 Å². The quantitative estimate of drug-likeness (QED) is 0.615. The lowest BCUT2D eigenvalue weighted by atomic mass is 10.5. The predicted octanol–water partition coefficient (Wildman–Crippen LogP) is 1.73. The monoisotopic (exact) mass is 166 g/mol. The van der Waals surface area contributed by atoms with Gasteiger partial charge in [-0.2, -0.15) is 23.5 Å². The van der Waals surface area contributed by atoms with Crippen LogP contribution in [0.5, 0.6) is 0 Å². The van der Waals surface area contributed by atoms with Gasteiger partial charge in [-0.15, -0.1) is 0 Å². The highest BCUT2D eigenvalue weighted by Gasteiger charge is 2.02. The molecule has 0 saturated heterocycles. The van der Waals surface area contributed by atoms with Gasteiger partial charge in [0.1, 0.15) is 0 Å². The first-order valence-electron chi connectivity index (χ1n) is 2.85. The summed E-state index contributed by atoms with van der Waals surface area (Å²) in [7, 11) is 1.77. The Balaban J connectivity index is 3.18. The number of hydrogen-bond acceptors (Lipinski definition) is 3. The van der Waals surface area contributed by atoms with Crippen molar-refractivity contribution in [2.45, 2.75) is 6.10 Å². The maximum absolute atomic E-state index is 5.19. The molecule has 0 unspecified atom stereocenters. The minimum atomic E-state index is 0.440. The molecular formula is C6H14OS2. The molecule has 0 fully saturated rings. The van der Waals surface area contributed by atoms with Gasteiger partial charge >= 0.3 is 0 Å². The Morgan fingerprint density at radius 2 is 1.67 bits per heavy atom. The second-order valence-corrected chi connectivity index (χ2v) is 3.59. The third kappa shape index (κ3) is 5.12. The van der Waals surface area contributed by atoms with Gasteiger partial charge in [-0.25, -0.2) is 0 Å². The van der Waals surface area contributed by atoms with Gasteiger partial charge in [-0.3, -0.25) is 0 Å². The Bertz CT molecular complexity index is 53.0. The molecular weight excluding hydrogens is 152 g/mol. The first-order chi connectivity index (χ1) is 4.35. The van der Waals surface area contributed by atoms with Crippen LogP contribution in [0.4, 0.5) is 0 Å². The Morgan fingerprint density at radius 3 is 1.89 bits per heavy atom. The SMILES string of the molecule is COC(CSC)CSC. The van der Waals surface area contributed by atoms with E-state index in [4.69, 9.17) is 4.74 Å². The molecule has 0 radical (unpaired) electrons. The van der Waals surface area contributed by atoms with Gasteiger partial charge in [-0.05, 0) is 12.5 Å². The van der Waals surface area contributed by atoms with Gasteiger partial charge in [0.15, 0.2) is 0 Å². The molecule has 0 N–H and O–H groups in total. The molecule has 0 saturated carbocycles. The zero-order valence-electron chi connectivity index (χ0n) is 6.22. The molecule has 0 atom stereocenters. The van der Waals surface area contributed by atoms with Crippen molar-refractivity contribution in [3.63, 3.8) is 0 Å². The maximum atomic E-state index is 5.19. The van der Waals surface area contributed by atoms with Crippen LogP contribution in [0.3, 0.4) is 0 Å². The highest BCUT2D eigenvalue weighted by Crippen LogP contribution is 2.05. The van der Waals surface area contributed by atoms with Crippen LogP contribution in [0.25, 0.3) is 0 Å². The van der Waals surface area contributed by atoms with Gasteiger partial charge in [-0.1, -0.05) is 0 Å². The average Bonchev–Trinajstić information content (AvgIpc) is 1.88. The molecule has 0 aliphatic heterocycles. The predicted molar refractivity (Wildman–Crippen MR) is 47.6 cm³/mol. The summed E-state index contributed by atoms with van der Waals surface area (Å²) >= 11 is 3.67. The van der Waals surface area contributed by atoms with Crippen LogP contribution < -0.4 is 0 Å². The van der Waals surface area contributed by atoms with Crippen molar-refractivity contribution in [3.8, 4) is 0 Å². The molecule has 0 amide bonds. The minimum absolute atomic E-state index is 0.440. The highest BCUT2D eigenvalue weighted by atomic mass is 32.2. The number of rotatable bonds is 5. The summed E-state index contributed by atoms with van der Waals surface area (Å²) in [5, 5.41) is 0. The largest absolute Gasteiger partial charge is 0.380 e. The summed E-state index contributed by atoms with van der Waals surface area (Å²) in [6, 6.07) is 0. The molecule has 56 valence electrons. The van der Waals surface area contributed by atoms with Crippen molar-refractivity contribution in [2.24, 2.45) is 0 Å². The number of methoxy groups -OCH3 is 1. The first-order valence-corrected chi connectivity index (χ1v) is 5.64. The lowest BCUT2D eigenvalue weighted by Crippen LogP contribution is -2.16. The van der Waals surface area contributed by atoms with Crippen molar-refractivity contribution < 1.29 is 4.74 Å². The van der Waals surface area contributed by atoms with Crippen LogP contribution in [0.2, 0.25) is 0 Å². The normalized spacial score (nSPS) is 10.7. The molecule has 0 heterocycles. The number of ether oxygens (including phenoxy) is 1. The second kappa shape index (κ2) is 6.78. The van der Waals surface area contributed by atoms with E-state index in [-0.39, 0.29) is 0 Å². The molecule has 0 aromatic heterocycles. The zero-order chi connectivity index (χ0) is 7.11. The fraction of sp³-hybridized carbons (Fsp3) is 1.00. The van der Waals surface area contributed by atoms with Gasteiger partial charge in [0.25, 0.3) is 0 Å². The van der Waals surface area contributed by atoms with Gasteiger partial charge in [0, 0.05) is 18.6 Å². The van der Waals surface area contributed by atoms with Crippen LogP contribution in [0, 0.1) is 0 Å². The Morgan fingerprint density at radius 1 is 1.22 bits per heavy atom. The lowest BCUT2D eigenvalue weighted by Gasteiger charge is -2.10. The van der Waals surface area contributed by atoms with Crippen LogP contribution in [0.15, 0.2) is 0 Å². The summed E-state index contributed by atoms with van der Waals surface area (Å²) in [4.78, 5) is 0. The van der Waals surface area contributed by atoms with E-state index in [0.29, 0.717) is 6.10 Å². The minimum Gasteiger partial charge on any atom is -0.380 e. The molecule has 0 spiro atoms. The van der Waals surface area contributed by atoms with E-state index in [2.05, 4.69) is 12.5 Å². The summed E-state index contributed by atoms with van der Waals surface area (Å²) in [6.45, 7) is 0. The Kier molecular flexibility index (Phi) is 7.27. The molecule has 1 nitrogen and oxygen atoms in total. The standard InChI is InChI=1S/C6H14OS2/c1-7-6(4-8-2)5-9-3/h6H,4-5H2,1-3H3. The topological polar surface area (TPSA) is 9.23 Å². The van der Waals surface area contributed by atoms with E-state index in [0.717, 1.165) is 11.5 Å². The number of thioether (sulfide) groups is 2. The molecule has 0 bridgehead atoms. The molecule has 0 rings (SSSR count). The fourth-order valence-electron chi connectivity index (χ4n) is 0.556. The van der Waals surface area contributed by atoms with E-state index in [1.807, 2.05) is 23.5 Å². The summed E-state index contributed by atoms with van der Waals surface area (Å²) in [5.74, 6) is 2.22. The smallest absolute Gasteiger partial charge is 0.0751 e. The van der Waals surface area contributed by atoms with Crippen LogP contribution in [0.1, 0.15) is 0 Å². The molecule has 0 aliphatic rings. The zero-order valence-corrected chi connectivity index (χ0v) is 7.85. The average molecular weight is 166 g/mol. The van der Waals surface area contributed by atoms with Gasteiger partial charge in [0.05, 0.1) is 6.10 Å². The van der Waals surface area contributed by atoms with Crippen molar-refractivity contribution in [1.82, 2.24) is 0 Å². The van der Waals surface area contributed by atoms with Crippen molar-refractivity contribution in [3.05, 3.63) is 0 Å². The van der Waals surface area contributed by atoms with E-state index in [1.54, 1.807) is 7.11 Å². The Hall–Kier alpha value is 0.660. The van der Waals surface area contributed by atoms with Crippen LogP contribution in [-0.2, 0) is 4.74 Å². The maximum Gasteiger partial charge on any atom is 0.0751 e. The van der Waals surface area contributed by atoms with Crippen LogP contribution >= 0.6 is 23.5 Å². The van der Waals surface area contributed by atoms with Crippen molar-refractivity contribution in [2.75, 3.05) is 31.1 Å². The molecule has 9 heavy (non-hydrogen) atoms. The molecule has 0 aliphatic carbocycles. The first kappa shape index (κ1) is 9.66. The summed E-state index contributed by atoms with van der Waals surface area (Å²) in [6.07, 6.45) is 4.65. The van der Waals surface area contributed by atoms with E-state index < -0.39 is 0 Å². The third-order valence-electron chi connectivity index (χ3n) is 1.04. The fourth-order valence-corrected chi connectivity index (χ4v) is 1.96. The third-order valence-corrected chi connectivity index (χ3v) is 2.45. The molecule has 0 aromatic rings. The van der Waals surface area contributed by atoms with Gasteiger partial charge < -0.3 is 4.74 Å². The highest BCUT2D eigenvalue weighted by molar-refractivity contribution is 7.99. The second-order valence-electron chi connectivity index (χ2n) is 1.77. The number of hydrogen-bond donors (Lipinski definition) is 0. The summed E-state index contributed by atoms with van der Waals surface area (Å²) < 4.78 is 5.19. The Labute approximate surface area is 65.9 Å². The van der Waals surface area contributed by atoms with Crippen molar-refractivity contribution >= 4 is 23.5 Å². The van der Waals surface area contributed by atoms with Crippen molar-refractivity contribution in [1.29, 1.82) is 0 Å². The lowest BCUT2D eigenvalue weighted by molar-refractivity contribution is 0.141. The molecule has 0 aromatic carbocycles. The summed E-state index contributed by atoms with van der Waals surface area (Å²) in [5.41, 5.74) is 0.